The number of hydrogen-bond acceptors (Lipinski definition) is 2. The Bertz CT molecular complexity index is 465. The lowest BCUT2D eigenvalue weighted by atomic mass is 10.2. The number of likely N-dealkylation sites (N-methyl/N-ethyl adjacent to an activating group) is 1. The number of methoxy groups -OCH3 is 1. The molecule has 4 heteroatoms. The molecule has 1 saturated carbocycles. The fraction of sp³-hybridized carbons (Fsp3) is 0.562. The SMILES string of the molecule is COc1ccccc1NC(=O)C[N+](C)(C)C1CCCC1. The van der Waals surface area contributed by atoms with Crippen LogP contribution in [0.2, 0.25) is 0 Å². The number of benzene rings is 1. The monoisotopic (exact) mass is 277 g/mol. The zero-order valence-corrected chi connectivity index (χ0v) is 12.7. The number of ether oxygens (including phenoxy) is 1. The molecule has 0 radical (unpaired) electrons. The molecule has 0 heterocycles. The van der Waals surface area contributed by atoms with E-state index in [2.05, 4.69) is 19.4 Å². The minimum atomic E-state index is 0.0476. The number of carbonyl (C=O) groups is 1. The minimum Gasteiger partial charge on any atom is -0.495 e. The van der Waals surface area contributed by atoms with Crippen LogP contribution >= 0.6 is 0 Å². The Morgan fingerprint density at radius 1 is 1.30 bits per heavy atom. The molecule has 1 aliphatic rings. The first kappa shape index (κ1) is 14.9. The van der Waals surface area contributed by atoms with E-state index in [0.29, 0.717) is 18.3 Å². The van der Waals surface area contributed by atoms with Crippen molar-refractivity contribution in [1.29, 1.82) is 0 Å². The number of amides is 1. The summed E-state index contributed by atoms with van der Waals surface area (Å²) in [5, 5.41) is 2.96. The van der Waals surface area contributed by atoms with Gasteiger partial charge in [0.05, 0.1) is 32.9 Å². The molecular weight excluding hydrogens is 252 g/mol. The molecule has 1 aromatic rings. The van der Waals surface area contributed by atoms with Gasteiger partial charge in [-0.2, -0.15) is 0 Å². The third-order valence-electron chi connectivity index (χ3n) is 4.25. The smallest absolute Gasteiger partial charge is 0.279 e. The maximum atomic E-state index is 12.3. The van der Waals surface area contributed by atoms with Crippen molar-refractivity contribution in [2.45, 2.75) is 31.7 Å². The Hall–Kier alpha value is -1.55. The van der Waals surface area contributed by atoms with Crippen molar-refractivity contribution in [3.8, 4) is 5.75 Å². The summed E-state index contributed by atoms with van der Waals surface area (Å²) in [7, 11) is 5.92. The summed E-state index contributed by atoms with van der Waals surface area (Å²) in [6.07, 6.45) is 5.05. The molecule has 0 aliphatic heterocycles. The Morgan fingerprint density at radius 2 is 1.95 bits per heavy atom. The fourth-order valence-corrected chi connectivity index (χ4v) is 3.04. The van der Waals surface area contributed by atoms with Crippen molar-refractivity contribution in [2.24, 2.45) is 0 Å². The maximum Gasteiger partial charge on any atom is 0.279 e. The van der Waals surface area contributed by atoms with Crippen LogP contribution in [-0.4, -0.2) is 44.2 Å². The van der Waals surface area contributed by atoms with Crippen LogP contribution in [0.4, 0.5) is 5.69 Å². The van der Waals surface area contributed by atoms with E-state index in [9.17, 15) is 4.79 Å². The molecule has 1 N–H and O–H groups in total. The Kier molecular flexibility index (Phi) is 4.65. The molecule has 20 heavy (non-hydrogen) atoms. The number of para-hydroxylation sites is 2. The summed E-state index contributed by atoms with van der Waals surface area (Å²) in [6.45, 7) is 0.503. The number of carbonyl (C=O) groups excluding carboxylic acids is 1. The van der Waals surface area contributed by atoms with E-state index in [1.54, 1.807) is 7.11 Å². The first-order valence-corrected chi connectivity index (χ1v) is 7.28. The van der Waals surface area contributed by atoms with Crippen LogP contribution in [0.1, 0.15) is 25.7 Å². The second kappa shape index (κ2) is 6.27. The van der Waals surface area contributed by atoms with Gasteiger partial charge in [-0.05, 0) is 37.8 Å². The molecule has 2 rings (SSSR count). The van der Waals surface area contributed by atoms with Crippen LogP contribution < -0.4 is 10.1 Å². The molecule has 1 fully saturated rings. The first-order valence-electron chi connectivity index (χ1n) is 7.28. The summed E-state index contributed by atoms with van der Waals surface area (Å²) in [5.41, 5.74) is 0.742. The van der Waals surface area contributed by atoms with Crippen molar-refractivity contribution in [3.63, 3.8) is 0 Å². The average Bonchev–Trinajstić information content (AvgIpc) is 2.93. The highest BCUT2D eigenvalue weighted by molar-refractivity contribution is 5.93. The van der Waals surface area contributed by atoms with Gasteiger partial charge in [0.2, 0.25) is 0 Å². The molecule has 0 unspecified atom stereocenters. The average molecular weight is 277 g/mol. The molecular formula is C16H25N2O2+. The fourth-order valence-electron chi connectivity index (χ4n) is 3.04. The van der Waals surface area contributed by atoms with Gasteiger partial charge in [-0.15, -0.1) is 0 Å². The Labute approximate surface area is 121 Å². The van der Waals surface area contributed by atoms with Crippen molar-refractivity contribution in [2.75, 3.05) is 33.1 Å². The normalized spacial score (nSPS) is 16.1. The van der Waals surface area contributed by atoms with Gasteiger partial charge in [0.15, 0.2) is 6.54 Å². The molecule has 0 atom stereocenters. The van der Waals surface area contributed by atoms with Crippen LogP contribution in [0.25, 0.3) is 0 Å². The molecule has 0 spiro atoms. The summed E-state index contributed by atoms with van der Waals surface area (Å²) >= 11 is 0. The topological polar surface area (TPSA) is 38.3 Å². The molecule has 110 valence electrons. The second-order valence-corrected chi connectivity index (χ2v) is 6.12. The van der Waals surface area contributed by atoms with Crippen LogP contribution in [0.5, 0.6) is 5.75 Å². The van der Waals surface area contributed by atoms with Gasteiger partial charge in [0, 0.05) is 0 Å². The molecule has 1 aromatic carbocycles. The first-order chi connectivity index (χ1) is 9.53. The zero-order chi connectivity index (χ0) is 14.6. The zero-order valence-electron chi connectivity index (χ0n) is 12.7. The summed E-state index contributed by atoms with van der Waals surface area (Å²) < 4.78 is 6.02. The number of nitrogens with zero attached hydrogens (tertiary/aromatic N) is 1. The highest BCUT2D eigenvalue weighted by Crippen LogP contribution is 2.27. The third-order valence-corrected chi connectivity index (χ3v) is 4.25. The van der Waals surface area contributed by atoms with Gasteiger partial charge in [-0.1, -0.05) is 12.1 Å². The summed E-state index contributed by atoms with van der Waals surface area (Å²) in [4.78, 5) is 12.3. The van der Waals surface area contributed by atoms with Crippen LogP contribution in [0, 0.1) is 0 Å². The van der Waals surface area contributed by atoms with Crippen LogP contribution in [-0.2, 0) is 4.79 Å². The number of anilines is 1. The predicted octanol–water partition coefficient (Wildman–Crippen LogP) is 2.65. The minimum absolute atomic E-state index is 0.0476. The lowest BCUT2D eigenvalue weighted by Crippen LogP contribution is -2.51. The highest BCUT2D eigenvalue weighted by atomic mass is 16.5. The van der Waals surface area contributed by atoms with E-state index in [-0.39, 0.29) is 5.91 Å². The van der Waals surface area contributed by atoms with Crippen molar-refractivity contribution in [1.82, 2.24) is 0 Å². The standard InChI is InChI=1S/C16H24N2O2/c1-18(2,13-8-4-5-9-13)12-16(19)17-14-10-6-7-11-15(14)20-3/h6-7,10-11,13H,4-5,8-9,12H2,1-3H3/p+1. The Morgan fingerprint density at radius 3 is 2.60 bits per heavy atom. The molecule has 0 bridgehead atoms. The van der Waals surface area contributed by atoms with E-state index < -0.39 is 0 Å². The number of rotatable bonds is 5. The third kappa shape index (κ3) is 3.51. The number of nitrogens with one attached hydrogen (secondary N) is 1. The summed E-state index contributed by atoms with van der Waals surface area (Å²) in [5.74, 6) is 0.749. The van der Waals surface area contributed by atoms with Crippen LogP contribution in [0.15, 0.2) is 24.3 Å². The van der Waals surface area contributed by atoms with Gasteiger partial charge < -0.3 is 14.5 Å². The number of hydrogen-bond donors (Lipinski definition) is 1. The second-order valence-electron chi connectivity index (χ2n) is 6.12. The largest absolute Gasteiger partial charge is 0.495 e. The van der Waals surface area contributed by atoms with Crippen LogP contribution in [0.3, 0.4) is 0 Å². The van der Waals surface area contributed by atoms with Crippen molar-refractivity contribution >= 4 is 11.6 Å². The summed E-state index contributed by atoms with van der Waals surface area (Å²) in [6, 6.07) is 8.12. The molecule has 4 nitrogen and oxygen atoms in total. The molecule has 0 aromatic heterocycles. The van der Waals surface area contributed by atoms with Gasteiger partial charge in [-0.25, -0.2) is 0 Å². The van der Waals surface area contributed by atoms with E-state index in [0.717, 1.165) is 10.2 Å². The molecule has 0 saturated heterocycles. The lowest BCUT2D eigenvalue weighted by molar-refractivity contribution is -0.906. The van der Waals surface area contributed by atoms with E-state index >= 15 is 0 Å². The lowest BCUT2D eigenvalue weighted by Gasteiger charge is -2.35. The van der Waals surface area contributed by atoms with Gasteiger partial charge in [0.1, 0.15) is 5.75 Å². The van der Waals surface area contributed by atoms with Crippen molar-refractivity contribution in [3.05, 3.63) is 24.3 Å². The van der Waals surface area contributed by atoms with E-state index in [1.165, 1.54) is 25.7 Å². The maximum absolute atomic E-state index is 12.3. The number of quaternary nitrogens is 1. The van der Waals surface area contributed by atoms with E-state index in [1.807, 2.05) is 24.3 Å². The predicted molar refractivity (Wildman–Crippen MR) is 80.9 cm³/mol. The van der Waals surface area contributed by atoms with Gasteiger partial charge in [-0.3, -0.25) is 4.79 Å². The molecule has 1 aliphatic carbocycles. The van der Waals surface area contributed by atoms with Gasteiger partial charge in [0.25, 0.3) is 5.91 Å². The van der Waals surface area contributed by atoms with E-state index in [4.69, 9.17) is 4.74 Å². The molecule has 1 amide bonds. The van der Waals surface area contributed by atoms with Crippen molar-refractivity contribution < 1.29 is 14.0 Å². The quantitative estimate of drug-likeness (QED) is 0.840. The Balaban J connectivity index is 1.98. The highest BCUT2D eigenvalue weighted by Gasteiger charge is 2.33. The van der Waals surface area contributed by atoms with Gasteiger partial charge >= 0.3 is 0 Å².